The number of aryl methyl sites for hydroxylation is 1. The van der Waals surface area contributed by atoms with Crippen LogP contribution in [0.5, 0.6) is 0 Å². The zero-order valence-electron chi connectivity index (χ0n) is 14.8. The number of nitrogens with zero attached hydrogens (tertiary/aromatic N) is 1. The fourth-order valence-corrected chi connectivity index (χ4v) is 5.18. The number of para-hydroxylation sites is 1. The molecule has 6 rings (SSSR count). The van der Waals surface area contributed by atoms with E-state index in [0.29, 0.717) is 17.5 Å². The summed E-state index contributed by atoms with van der Waals surface area (Å²) in [6.45, 7) is 7.14. The second kappa shape index (κ2) is 4.78. The summed E-state index contributed by atoms with van der Waals surface area (Å²) in [4.78, 5) is 2.70. The first-order valence-electron chi connectivity index (χ1n) is 9.28. The molecule has 2 aromatic carbocycles. The lowest BCUT2D eigenvalue weighted by Crippen LogP contribution is -2.59. The Balaban J connectivity index is 1.78. The maximum atomic E-state index is 6.36. The molecule has 3 aromatic rings. The molecule has 0 radical (unpaired) electrons. The molecule has 3 aliphatic rings. The third kappa shape index (κ3) is 1.77. The van der Waals surface area contributed by atoms with Crippen molar-refractivity contribution in [3.05, 3.63) is 42.0 Å². The number of rotatable bonds is 1. The Morgan fingerprint density at radius 1 is 1.04 bits per heavy atom. The van der Waals surface area contributed by atoms with E-state index in [1.54, 1.807) is 0 Å². The van der Waals surface area contributed by atoms with Crippen molar-refractivity contribution < 1.29 is 4.42 Å². The molecule has 1 aliphatic carbocycles. The highest BCUT2D eigenvalue weighted by Crippen LogP contribution is 2.52. The van der Waals surface area contributed by atoms with Crippen molar-refractivity contribution in [2.75, 3.05) is 4.90 Å². The summed E-state index contributed by atoms with van der Waals surface area (Å²) in [6, 6.07) is 14.2. The van der Waals surface area contributed by atoms with Gasteiger partial charge in [-0.3, -0.25) is 0 Å². The fourth-order valence-electron chi connectivity index (χ4n) is 5.18. The van der Waals surface area contributed by atoms with E-state index in [0.717, 1.165) is 11.2 Å². The Kier molecular flexibility index (Phi) is 2.87. The Bertz CT molecular complexity index is 930. The second-order valence-corrected chi connectivity index (χ2v) is 8.17. The van der Waals surface area contributed by atoms with Crippen molar-refractivity contribution in [3.63, 3.8) is 0 Å². The largest absolute Gasteiger partial charge is 0.454 e. The first kappa shape index (κ1) is 14.4. The average Bonchev–Trinajstić information content (AvgIpc) is 2.96. The van der Waals surface area contributed by atoms with E-state index >= 15 is 0 Å². The van der Waals surface area contributed by atoms with Crippen molar-refractivity contribution in [2.45, 2.75) is 58.5 Å². The van der Waals surface area contributed by atoms with Crippen molar-refractivity contribution in [1.29, 1.82) is 0 Å². The monoisotopic (exact) mass is 319 g/mol. The van der Waals surface area contributed by atoms with Crippen molar-refractivity contribution in [1.82, 2.24) is 0 Å². The van der Waals surface area contributed by atoms with Gasteiger partial charge in [0.25, 0.3) is 0 Å². The molecule has 124 valence electrons. The summed E-state index contributed by atoms with van der Waals surface area (Å²) in [7, 11) is 0. The first-order valence-corrected chi connectivity index (χ1v) is 9.28. The molecule has 2 heteroatoms. The summed E-state index contributed by atoms with van der Waals surface area (Å²) < 4.78 is 6.36. The molecular formula is C22H25NO. The molecule has 2 saturated heterocycles. The van der Waals surface area contributed by atoms with E-state index in [4.69, 9.17) is 4.42 Å². The van der Waals surface area contributed by atoms with Crippen LogP contribution in [0.15, 0.2) is 40.8 Å². The number of furan rings is 1. The highest BCUT2D eigenvalue weighted by atomic mass is 16.3. The number of benzene rings is 2. The zero-order chi connectivity index (χ0) is 16.5. The van der Waals surface area contributed by atoms with Gasteiger partial charge in [-0.25, -0.2) is 0 Å². The van der Waals surface area contributed by atoms with Crippen molar-refractivity contribution >= 4 is 27.6 Å². The molecule has 2 nitrogen and oxygen atoms in total. The molecule has 1 saturated carbocycles. The van der Waals surface area contributed by atoms with Crippen LogP contribution in [0.25, 0.3) is 21.9 Å². The van der Waals surface area contributed by atoms with Crippen LogP contribution in [0.4, 0.5) is 5.69 Å². The van der Waals surface area contributed by atoms with Gasteiger partial charge < -0.3 is 9.32 Å². The summed E-state index contributed by atoms with van der Waals surface area (Å²) in [6.07, 6.45) is 5.36. The predicted octanol–water partition coefficient (Wildman–Crippen LogP) is 6.05. The summed E-state index contributed by atoms with van der Waals surface area (Å²) in [5.41, 5.74) is 5.20. The normalized spacial score (nSPS) is 29.7. The van der Waals surface area contributed by atoms with Crippen LogP contribution in [-0.4, -0.2) is 12.1 Å². The van der Waals surface area contributed by atoms with Crippen molar-refractivity contribution in [2.24, 2.45) is 5.41 Å². The smallest absolute Gasteiger partial charge is 0.158 e. The Morgan fingerprint density at radius 3 is 2.58 bits per heavy atom. The van der Waals surface area contributed by atoms with Crippen LogP contribution in [-0.2, 0) is 0 Å². The lowest BCUT2D eigenvalue weighted by molar-refractivity contribution is 0.0967. The average molecular weight is 319 g/mol. The number of fused-ring (bicyclic) bond motifs is 6. The van der Waals surface area contributed by atoms with Gasteiger partial charge in [0.15, 0.2) is 5.58 Å². The van der Waals surface area contributed by atoms with E-state index in [2.05, 4.69) is 62.1 Å². The van der Waals surface area contributed by atoms with Gasteiger partial charge in [0.2, 0.25) is 0 Å². The van der Waals surface area contributed by atoms with Crippen LogP contribution >= 0.6 is 0 Å². The van der Waals surface area contributed by atoms with Gasteiger partial charge in [-0.05, 0) is 56.6 Å². The summed E-state index contributed by atoms with van der Waals surface area (Å²) >= 11 is 0. The topological polar surface area (TPSA) is 16.4 Å². The lowest BCUT2D eigenvalue weighted by atomic mass is 9.64. The molecule has 24 heavy (non-hydrogen) atoms. The maximum absolute atomic E-state index is 6.36. The van der Waals surface area contributed by atoms with Crippen LogP contribution < -0.4 is 4.90 Å². The first-order chi connectivity index (χ1) is 11.6. The van der Waals surface area contributed by atoms with E-state index < -0.39 is 0 Å². The third-order valence-electron chi connectivity index (χ3n) is 6.90. The maximum Gasteiger partial charge on any atom is 0.158 e. The third-order valence-corrected chi connectivity index (χ3v) is 6.90. The molecule has 1 aromatic heterocycles. The van der Waals surface area contributed by atoms with Gasteiger partial charge in [0.1, 0.15) is 5.58 Å². The van der Waals surface area contributed by atoms with Gasteiger partial charge in [0.05, 0.1) is 5.69 Å². The highest BCUT2D eigenvalue weighted by molar-refractivity contribution is 6.09. The Labute approximate surface area is 143 Å². The van der Waals surface area contributed by atoms with E-state index in [9.17, 15) is 0 Å². The molecular weight excluding hydrogens is 294 g/mol. The summed E-state index contributed by atoms with van der Waals surface area (Å²) in [5.74, 6) is 0. The molecule has 1 atom stereocenters. The Hall–Kier alpha value is -1.96. The molecule has 2 bridgehead atoms. The van der Waals surface area contributed by atoms with Gasteiger partial charge in [0, 0.05) is 22.9 Å². The molecule has 3 fully saturated rings. The zero-order valence-corrected chi connectivity index (χ0v) is 14.8. The fraction of sp³-hybridized carbons (Fsp3) is 0.455. The quantitative estimate of drug-likeness (QED) is 0.542. The van der Waals surface area contributed by atoms with Gasteiger partial charge in [-0.2, -0.15) is 0 Å². The second-order valence-electron chi connectivity index (χ2n) is 8.17. The standard InChI is InChI=1S/C22H25NO/c1-14-8-9-18-17-6-4-5-7-19(17)24-21(18)20(14)23-15(2)22(3)12-10-16(23)11-13-22/h4-9,15-16H,10-13H2,1-3H3. The highest BCUT2D eigenvalue weighted by Gasteiger charge is 2.48. The van der Waals surface area contributed by atoms with Crippen LogP contribution in [0.1, 0.15) is 45.1 Å². The van der Waals surface area contributed by atoms with Gasteiger partial charge in [-0.15, -0.1) is 0 Å². The SMILES string of the molecule is Cc1ccc2c(oc3ccccc32)c1N1C2CCC(C)(CC2)C1C. The summed E-state index contributed by atoms with van der Waals surface area (Å²) in [5, 5.41) is 2.49. The van der Waals surface area contributed by atoms with E-state index in [1.165, 1.54) is 47.7 Å². The molecule has 2 aliphatic heterocycles. The lowest BCUT2D eigenvalue weighted by Gasteiger charge is -2.57. The number of hydrogen-bond donors (Lipinski definition) is 0. The number of hydrogen-bond acceptors (Lipinski definition) is 2. The number of anilines is 1. The van der Waals surface area contributed by atoms with E-state index in [1.807, 2.05) is 0 Å². The minimum Gasteiger partial charge on any atom is -0.454 e. The van der Waals surface area contributed by atoms with Crippen molar-refractivity contribution in [3.8, 4) is 0 Å². The predicted molar refractivity (Wildman–Crippen MR) is 101 cm³/mol. The molecule has 0 N–H and O–H groups in total. The Morgan fingerprint density at radius 2 is 1.79 bits per heavy atom. The molecule has 1 unspecified atom stereocenters. The van der Waals surface area contributed by atoms with Gasteiger partial charge >= 0.3 is 0 Å². The number of piperidine rings is 2. The van der Waals surface area contributed by atoms with E-state index in [-0.39, 0.29) is 0 Å². The van der Waals surface area contributed by atoms with Crippen LogP contribution in [0, 0.1) is 12.3 Å². The molecule has 0 spiro atoms. The van der Waals surface area contributed by atoms with Crippen LogP contribution in [0.2, 0.25) is 0 Å². The molecule has 0 amide bonds. The van der Waals surface area contributed by atoms with Gasteiger partial charge in [-0.1, -0.05) is 37.3 Å². The minimum absolute atomic E-state index is 0.440. The molecule has 3 heterocycles. The van der Waals surface area contributed by atoms with Crippen LogP contribution in [0.3, 0.4) is 0 Å². The minimum atomic E-state index is 0.440.